The summed E-state index contributed by atoms with van der Waals surface area (Å²) in [6.07, 6.45) is -0.0847. The number of halogens is 6. The first-order chi connectivity index (χ1) is 15.4. The lowest BCUT2D eigenvalue weighted by Gasteiger charge is -2.16. The van der Waals surface area contributed by atoms with Crippen molar-refractivity contribution >= 4 is 50.2 Å². The standard InChI is InChI=1S/C20H13Cl2F4NO5S/c1-2-31-19(28)17-18(32-33(29,30)20(24,25)26)16(23)15-11(13(22)7-8-14(15)27-17)9-10-5-3-4-6-12(10)21/h3-8H,2,9H2,1H3. The van der Waals surface area contributed by atoms with Gasteiger partial charge in [-0.1, -0.05) is 41.4 Å². The number of aromatic nitrogens is 1. The number of hydrogen-bond donors (Lipinski definition) is 0. The summed E-state index contributed by atoms with van der Waals surface area (Å²) < 4.78 is 86.2. The normalized spacial score (nSPS) is 12.1. The molecule has 0 fully saturated rings. The molecule has 3 aromatic rings. The number of hydrogen-bond acceptors (Lipinski definition) is 6. The molecular weight excluding hydrogens is 513 g/mol. The summed E-state index contributed by atoms with van der Waals surface area (Å²) in [6.45, 7) is 1.13. The maximum atomic E-state index is 15.6. The van der Waals surface area contributed by atoms with Crippen LogP contribution in [-0.4, -0.2) is 31.5 Å². The lowest BCUT2D eigenvalue weighted by atomic mass is 9.99. The van der Waals surface area contributed by atoms with E-state index in [0.717, 1.165) is 0 Å². The van der Waals surface area contributed by atoms with Crippen LogP contribution < -0.4 is 4.18 Å². The second kappa shape index (κ2) is 9.32. The number of esters is 1. The molecule has 0 N–H and O–H groups in total. The maximum absolute atomic E-state index is 15.6. The summed E-state index contributed by atoms with van der Waals surface area (Å²) in [5.41, 5.74) is -6.64. The minimum Gasteiger partial charge on any atom is -0.461 e. The molecule has 0 spiro atoms. The first-order valence-corrected chi connectivity index (χ1v) is 11.3. The molecule has 0 aliphatic heterocycles. The van der Waals surface area contributed by atoms with Crippen LogP contribution >= 0.6 is 23.2 Å². The Bertz CT molecular complexity index is 1350. The zero-order valence-corrected chi connectivity index (χ0v) is 18.9. The highest BCUT2D eigenvalue weighted by Gasteiger charge is 2.49. The lowest BCUT2D eigenvalue weighted by molar-refractivity contribution is -0.0501. The summed E-state index contributed by atoms with van der Waals surface area (Å²) in [4.78, 5) is 16.1. The van der Waals surface area contributed by atoms with Gasteiger partial charge in [0.05, 0.1) is 12.1 Å². The van der Waals surface area contributed by atoms with Gasteiger partial charge in [-0.25, -0.2) is 14.2 Å². The molecule has 0 aliphatic carbocycles. The highest BCUT2D eigenvalue weighted by molar-refractivity contribution is 7.88. The van der Waals surface area contributed by atoms with E-state index in [-0.39, 0.29) is 29.1 Å². The van der Waals surface area contributed by atoms with Gasteiger partial charge in [-0.05, 0) is 36.2 Å². The van der Waals surface area contributed by atoms with Gasteiger partial charge in [0.25, 0.3) is 0 Å². The topological polar surface area (TPSA) is 82.6 Å². The van der Waals surface area contributed by atoms with Crippen molar-refractivity contribution in [2.75, 3.05) is 6.61 Å². The van der Waals surface area contributed by atoms with E-state index in [1.807, 2.05) is 0 Å². The fraction of sp³-hybridized carbons (Fsp3) is 0.200. The number of carbonyl (C=O) groups is 1. The predicted molar refractivity (Wildman–Crippen MR) is 113 cm³/mol. The molecule has 0 bridgehead atoms. The molecule has 33 heavy (non-hydrogen) atoms. The second-order valence-corrected chi connectivity index (χ2v) is 8.85. The summed E-state index contributed by atoms with van der Waals surface area (Å²) >= 11 is 12.4. The van der Waals surface area contributed by atoms with E-state index in [1.54, 1.807) is 24.3 Å². The zero-order chi connectivity index (χ0) is 24.6. The number of ether oxygens (including phenoxy) is 1. The van der Waals surface area contributed by atoms with Crippen LogP contribution in [0.3, 0.4) is 0 Å². The first kappa shape index (κ1) is 25.0. The smallest absolute Gasteiger partial charge is 0.461 e. The van der Waals surface area contributed by atoms with E-state index >= 15 is 4.39 Å². The third kappa shape index (κ3) is 4.99. The summed E-state index contributed by atoms with van der Waals surface area (Å²) in [6, 6.07) is 9.03. The van der Waals surface area contributed by atoms with Crippen molar-refractivity contribution in [2.45, 2.75) is 18.9 Å². The van der Waals surface area contributed by atoms with Gasteiger partial charge in [0, 0.05) is 21.9 Å². The number of rotatable bonds is 6. The molecule has 13 heteroatoms. The summed E-state index contributed by atoms with van der Waals surface area (Å²) in [5, 5.41) is -0.141. The Balaban J connectivity index is 2.32. The van der Waals surface area contributed by atoms with Crippen molar-refractivity contribution in [1.82, 2.24) is 4.98 Å². The van der Waals surface area contributed by atoms with Crippen molar-refractivity contribution in [3.05, 3.63) is 69.1 Å². The molecule has 0 amide bonds. The molecule has 6 nitrogen and oxygen atoms in total. The molecule has 0 saturated carbocycles. The molecular formula is C20H13Cl2F4NO5S. The van der Waals surface area contributed by atoms with Crippen LogP contribution in [0.15, 0.2) is 36.4 Å². The van der Waals surface area contributed by atoms with Crippen molar-refractivity contribution in [2.24, 2.45) is 0 Å². The molecule has 0 saturated heterocycles. The van der Waals surface area contributed by atoms with Crippen molar-refractivity contribution < 1.29 is 39.7 Å². The van der Waals surface area contributed by atoms with E-state index < -0.39 is 44.2 Å². The number of pyridine rings is 1. The molecule has 0 unspecified atom stereocenters. The molecule has 2 aromatic carbocycles. The highest BCUT2D eigenvalue weighted by atomic mass is 35.5. The van der Waals surface area contributed by atoms with Gasteiger partial charge in [0.15, 0.2) is 11.5 Å². The number of nitrogens with zero attached hydrogens (tertiary/aromatic N) is 1. The van der Waals surface area contributed by atoms with E-state index in [2.05, 4.69) is 13.9 Å². The van der Waals surface area contributed by atoms with Crippen LogP contribution in [0.1, 0.15) is 28.5 Å². The molecule has 1 heterocycles. The SMILES string of the molecule is CCOC(=O)c1nc2ccc(Cl)c(Cc3ccccc3Cl)c2c(F)c1OS(=O)(=O)C(F)(F)F. The third-order valence-corrected chi connectivity index (χ3v) is 6.05. The molecule has 0 aliphatic rings. The highest BCUT2D eigenvalue weighted by Crippen LogP contribution is 2.38. The Morgan fingerprint density at radius 2 is 1.76 bits per heavy atom. The first-order valence-electron chi connectivity index (χ1n) is 9.09. The monoisotopic (exact) mass is 525 g/mol. The van der Waals surface area contributed by atoms with Gasteiger partial charge in [-0.2, -0.15) is 21.6 Å². The number of fused-ring (bicyclic) bond motifs is 1. The van der Waals surface area contributed by atoms with Crippen LogP contribution in [-0.2, 0) is 21.3 Å². The number of carbonyl (C=O) groups excluding carboxylic acids is 1. The summed E-state index contributed by atoms with van der Waals surface area (Å²) in [5.74, 6) is -4.52. The van der Waals surface area contributed by atoms with E-state index in [0.29, 0.717) is 10.6 Å². The Morgan fingerprint density at radius 3 is 2.36 bits per heavy atom. The molecule has 0 atom stereocenters. The Morgan fingerprint density at radius 1 is 1.09 bits per heavy atom. The lowest BCUT2D eigenvalue weighted by Crippen LogP contribution is -2.29. The van der Waals surface area contributed by atoms with Crippen molar-refractivity contribution in [3.8, 4) is 5.75 Å². The quantitative estimate of drug-likeness (QED) is 0.178. The van der Waals surface area contributed by atoms with Gasteiger partial charge >= 0.3 is 21.6 Å². The van der Waals surface area contributed by atoms with E-state index in [9.17, 15) is 26.4 Å². The Hall–Kier alpha value is -2.63. The zero-order valence-electron chi connectivity index (χ0n) is 16.5. The largest absolute Gasteiger partial charge is 0.534 e. The molecule has 0 radical (unpaired) electrons. The second-order valence-electron chi connectivity index (χ2n) is 6.50. The van der Waals surface area contributed by atoms with Gasteiger partial charge in [0.1, 0.15) is 0 Å². The maximum Gasteiger partial charge on any atom is 0.534 e. The van der Waals surface area contributed by atoms with Crippen molar-refractivity contribution in [3.63, 3.8) is 0 Å². The van der Waals surface area contributed by atoms with Crippen LogP contribution in [0.5, 0.6) is 5.75 Å². The average Bonchev–Trinajstić information content (AvgIpc) is 2.72. The van der Waals surface area contributed by atoms with E-state index in [4.69, 9.17) is 23.2 Å². The fourth-order valence-corrected chi connectivity index (χ4v) is 3.81. The molecule has 176 valence electrons. The predicted octanol–water partition coefficient (Wildman–Crippen LogP) is 5.68. The minimum atomic E-state index is -6.34. The molecule has 3 rings (SSSR count). The number of benzene rings is 2. The minimum absolute atomic E-state index is 0.00312. The van der Waals surface area contributed by atoms with Gasteiger partial charge < -0.3 is 8.92 Å². The van der Waals surface area contributed by atoms with Gasteiger partial charge in [-0.15, -0.1) is 0 Å². The Kier molecular flexibility index (Phi) is 7.06. The third-order valence-electron chi connectivity index (χ3n) is 4.37. The molecule has 1 aromatic heterocycles. The van der Waals surface area contributed by atoms with Gasteiger partial charge in [0.2, 0.25) is 5.75 Å². The summed E-state index contributed by atoms with van der Waals surface area (Å²) in [7, 11) is -6.34. The van der Waals surface area contributed by atoms with Crippen LogP contribution in [0, 0.1) is 5.82 Å². The van der Waals surface area contributed by atoms with Crippen LogP contribution in [0.25, 0.3) is 10.9 Å². The van der Waals surface area contributed by atoms with Crippen LogP contribution in [0.4, 0.5) is 17.6 Å². The van der Waals surface area contributed by atoms with Crippen molar-refractivity contribution in [1.29, 1.82) is 0 Å². The van der Waals surface area contributed by atoms with Gasteiger partial charge in [-0.3, -0.25) is 0 Å². The number of alkyl halides is 3. The van der Waals surface area contributed by atoms with Crippen LogP contribution in [0.2, 0.25) is 10.0 Å². The Labute approximate surface area is 195 Å². The van der Waals surface area contributed by atoms with E-state index in [1.165, 1.54) is 19.1 Å². The fourth-order valence-electron chi connectivity index (χ4n) is 2.91. The average molecular weight is 526 g/mol.